The molecule has 0 unspecified atom stereocenters. The number of rotatable bonds is 2. The molecule has 1 N–H and O–H groups in total. The minimum atomic E-state index is -0.415. The summed E-state index contributed by atoms with van der Waals surface area (Å²) >= 11 is 0. The van der Waals surface area contributed by atoms with Crippen LogP contribution in [0, 0.1) is 5.92 Å². The molecular formula is C17H22N2O4. The molecule has 2 heterocycles. The molecule has 2 fully saturated rings. The Morgan fingerprint density at radius 3 is 3.04 bits per heavy atom. The average Bonchev–Trinajstić information content (AvgIpc) is 2.60. The van der Waals surface area contributed by atoms with Gasteiger partial charge < -0.3 is 19.7 Å². The molecule has 0 bridgehead atoms. The highest BCUT2D eigenvalue weighted by atomic mass is 16.5. The van der Waals surface area contributed by atoms with Crippen LogP contribution in [0.1, 0.15) is 29.6 Å². The van der Waals surface area contributed by atoms with Gasteiger partial charge in [0.2, 0.25) is 0 Å². The molecular weight excluding hydrogens is 296 g/mol. The molecule has 6 nitrogen and oxygen atoms in total. The summed E-state index contributed by atoms with van der Waals surface area (Å²) in [5.41, 5.74) is 1.02. The van der Waals surface area contributed by atoms with E-state index in [1.165, 1.54) is 7.11 Å². The Labute approximate surface area is 135 Å². The number of urea groups is 1. The Balaban J connectivity index is 1.62. The summed E-state index contributed by atoms with van der Waals surface area (Å²) in [5.74, 6) is 0.0194. The molecule has 0 radical (unpaired) electrons. The number of hydrogen-bond donors (Lipinski definition) is 1. The monoisotopic (exact) mass is 318 g/mol. The van der Waals surface area contributed by atoms with Crippen molar-refractivity contribution >= 4 is 17.7 Å². The van der Waals surface area contributed by atoms with E-state index in [1.807, 2.05) is 4.90 Å². The number of anilines is 1. The number of carbonyl (C=O) groups excluding carboxylic acids is 2. The molecule has 0 aliphatic carbocycles. The first-order valence-corrected chi connectivity index (χ1v) is 8.03. The van der Waals surface area contributed by atoms with Crippen molar-refractivity contribution in [2.75, 3.05) is 32.1 Å². The Morgan fingerprint density at radius 2 is 2.22 bits per heavy atom. The third-order valence-corrected chi connectivity index (χ3v) is 4.54. The number of fused-ring (bicyclic) bond motifs is 1. The fourth-order valence-electron chi connectivity index (χ4n) is 3.32. The zero-order chi connectivity index (χ0) is 16.2. The number of carbonyl (C=O) groups is 2. The van der Waals surface area contributed by atoms with E-state index in [0.717, 1.165) is 32.4 Å². The van der Waals surface area contributed by atoms with E-state index in [-0.39, 0.29) is 6.03 Å². The molecule has 23 heavy (non-hydrogen) atoms. The van der Waals surface area contributed by atoms with Gasteiger partial charge in [-0.15, -0.1) is 0 Å². The van der Waals surface area contributed by atoms with E-state index in [1.54, 1.807) is 24.3 Å². The highest BCUT2D eigenvalue weighted by molar-refractivity contribution is 5.93. The van der Waals surface area contributed by atoms with Crippen LogP contribution in [-0.2, 0) is 9.47 Å². The molecule has 2 saturated heterocycles. The molecule has 3 rings (SSSR count). The van der Waals surface area contributed by atoms with Crippen LogP contribution in [-0.4, -0.2) is 49.8 Å². The van der Waals surface area contributed by atoms with Crippen LogP contribution in [0.25, 0.3) is 0 Å². The van der Waals surface area contributed by atoms with Crippen LogP contribution in [0.2, 0.25) is 0 Å². The maximum atomic E-state index is 12.5. The smallest absolute Gasteiger partial charge is 0.337 e. The maximum absolute atomic E-state index is 12.5. The van der Waals surface area contributed by atoms with Crippen molar-refractivity contribution in [1.82, 2.24) is 4.90 Å². The highest BCUT2D eigenvalue weighted by Gasteiger charge is 2.33. The second kappa shape index (κ2) is 7.00. The number of likely N-dealkylation sites (tertiary alicyclic amines) is 1. The van der Waals surface area contributed by atoms with E-state index in [0.29, 0.717) is 29.8 Å². The molecule has 0 saturated carbocycles. The molecule has 1 aromatic carbocycles. The normalized spacial score (nSPS) is 23.8. The Bertz CT molecular complexity index is 590. The van der Waals surface area contributed by atoms with E-state index in [9.17, 15) is 9.59 Å². The quantitative estimate of drug-likeness (QED) is 0.851. The minimum Gasteiger partial charge on any atom is -0.465 e. The molecule has 1 aromatic rings. The summed E-state index contributed by atoms with van der Waals surface area (Å²) in [7, 11) is 1.34. The molecule has 2 aliphatic rings. The van der Waals surface area contributed by atoms with Gasteiger partial charge in [0.25, 0.3) is 0 Å². The van der Waals surface area contributed by atoms with Gasteiger partial charge in [-0.05, 0) is 37.5 Å². The molecule has 6 heteroatoms. The lowest BCUT2D eigenvalue weighted by molar-refractivity contribution is -0.0578. The number of nitrogens with zero attached hydrogens (tertiary/aromatic N) is 1. The lowest BCUT2D eigenvalue weighted by Crippen LogP contribution is -2.49. The van der Waals surface area contributed by atoms with Crippen molar-refractivity contribution in [2.24, 2.45) is 5.92 Å². The first-order chi connectivity index (χ1) is 11.2. The molecule has 2 amide bonds. The molecule has 124 valence electrons. The predicted octanol–water partition coefficient (Wildman–Crippen LogP) is 2.51. The predicted molar refractivity (Wildman–Crippen MR) is 85.5 cm³/mol. The van der Waals surface area contributed by atoms with Crippen molar-refractivity contribution in [1.29, 1.82) is 0 Å². The number of nitrogens with one attached hydrogen (secondary N) is 1. The summed E-state index contributed by atoms with van der Waals surface area (Å²) in [6, 6.07) is 6.65. The zero-order valence-corrected chi connectivity index (χ0v) is 13.3. The fourth-order valence-corrected chi connectivity index (χ4v) is 3.32. The van der Waals surface area contributed by atoms with E-state index >= 15 is 0 Å². The van der Waals surface area contributed by atoms with Gasteiger partial charge in [0, 0.05) is 31.3 Å². The van der Waals surface area contributed by atoms with Gasteiger partial charge in [-0.3, -0.25) is 0 Å². The number of benzene rings is 1. The molecule has 0 aromatic heterocycles. The van der Waals surface area contributed by atoms with E-state index in [2.05, 4.69) is 5.32 Å². The molecule has 2 atom stereocenters. The summed E-state index contributed by atoms with van der Waals surface area (Å²) in [6.07, 6.45) is 3.38. The molecule has 2 aliphatic heterocycles. The number of methoxy groups -OCH3 is 1. The first-order valence-electron chi connectivity index (χ1n) is 8.03. The fraction of sp³-hybridized carbons (Fsp3) is 0.529. The number of piperidine rings is 1. The lowest BCUT2D eigenvalue weighted by atomic mass is 9.89. The number of amides is 2. The van der Waals surface area contributed by atoms with Gasteiger partial charge in [0.15, 0.2) is 0 Å². The largest absolute Gasteiger partial charge is 0.465 e. The van der Waals surface area contributed by atoms with Crippen LogP contribution < -0.4 is 5.32 Å². The van der Waals surface area contributed by atoms with E-state index < -0.39 is 5.97 Å². The second-order valence-electron chi connectivity index (χ2n) is 6.05. The topological polar surface area (TPSA) is 67.9 Å². The summed E-state index contributed by atoms with van der Waals surface area (Å²) in [4.78, 5) is 25.8. The number of ether oxygens (including phenoxy) is 2. The van der Waals surface area contributed by atoms with Gasteiger partial charge in [-0.2, -0.15) is 0 Å². The second-order valence-corrected chi connectivity index (χ2v) is 6.05. The van der Waals surface area contributed by atoms with Gasteiger partial charge in [0.1, 0.15) is 0 Å². The van der Waals surface area contributed by atoms with Crippen LogP contribution in [0.15, 0.2) is 24.3 Å². The standard InChI is InChI=1S/C17H22N2O4/c1-22-16(20)12-4-2-6-14(10-12)18-17(21)19-8-7-15-13(11-19)5-3-9-23-15/h2,4,6,10,13,15H,3,5,7-9,11H2,1H3,(H,18,21)/t13-,15+/m0/s1. The summed E-state index contributed by atoms with van der Waals surface area (Å²) < 4.78 is 10.5. The van der Waals surface area contributed by atoms with E-state index in [4.69, 9.17) is 9.47 Å². The van der Waals surface area contributed by atoms with Gasteiger partial charge in [-0.25, -0.2) is 9.59 Å². The SMILES string of the molecule is COC(=O)c1cccc(NC(=O)N2CC[C@H]3OCCC[C@H]3C2)c1. The highest BCUT2D eigenvalue weighted by Crippen LogP contribution is 2.28. The maximum Gasteiger partial charge on any atom is 0.337 e. The summed E-state index contributed by atoms with van der Waals surface area (Å²) in [6.45, 7) is 2.27. The van der Waals surface area contributed by atoms with Crippen molar-refractivity contribution in [3.05, 3.63) is 29.8 Å². The number of hydrogen-bond acceptors (Lipinski definition) is 4. The van der Waals surface area contributed by atoms with Crippen LogP contribution in [0.3, 0.4) is 0 Å². The first kappa shape index (κ1) is 15.8. The third kappa shape index (κ3) is 3.64. The van der Waals surface area contributed by atoms with Crippen LogP contribution in [0.5, 0.6) is 0 Å². The lowest BCUT2D eigenvalue weighted by Gasteiger charge is -2.40. The van der Waals surface area contributed by atoms with Gasteiger partial charge >= 0.3 is 12.0 Å². The Kier molecular flexibility index (Phi) is 4.81. The van der Waals surface area contributed by atoms with Crippen molar-refractivity contribution < 1.29 is 19.1 Å². The minimum absolute atomic E-state index is 0.129. The van der Waals surface area contributed by atoms with Crippen molar-refractivity contribution in [3.8, 4) is 0 Å². The van der Waals surface area contributed by atoms with Crippen molar-refractivity contribution in [3.63, 3.8) is 0 Å². The van der Waals surface area contributed by atoms with Crippen LogP contribution >= 0.6 is 0 Å². The number of esters is 1. The Morgan fingerprint density at radius 1 is 1.35 bits per heavy atom. The Hall–Kier alpha value is -2.08. The van der Waals surface area contributed by atoms with Crippen molar-refractivity contribution in [2.45, 2.75) is 25.4 Å². The van der Waals surface area contributed by atoms with Crippen LogP contribution in [0.4, 0.5) is 10.5 Å². The average molecular weight is 318 g/mol. The summed E-state index contributed by atoms with van der Waals surface area (Å²) in [5, 5.41) is 2.86. The van der Waals surface area contributed by atoms with Gasteiger partial charge in [0.05, 0.1) is 18.8 Å². The molecule has 0 spiro atoms. The third-order valence-electron chi connectivity index (χ3n) is 4.54. The zero-order valence-electron chi connectivity index (χ0n) is 13.3. The van der Waals surface area contributed by atoms with Gasteiger partial charge in [-0.1, -0.05) is 6.07 Å².